The van der Waals surface area contributed by atoms with E-state index in [1.165, 1.54) is 29.3 Å². The van der Waals surface area contributed by atoms with E-state index in [0.29, 0.717) is 16.8 Å². The molecule has 2 N–H and O–H groups in total. The maximum Gasteiger partial charge on any atom is 0.257 e. The van der Waals surface area contributed by atoms with Gasteiger partial charge in [-0.2, -0.15) is 0 Å². The number of amides is 2. The van der Waals surface area contributed by atoms with E-state index in [-0.39, 0.29) is 22.4 Å². The van der Waals surface area contributed by atoms with E-state index < -0.39 is 0 Å². The number of carbonyl (C=O) groups is 2. The van der Waals surface area contributed by atoms with Gasteiger partial charge in [0.1, 0.15) is 0 Å². The van der Waals surface area contributed by atoms with Gasteiger partial charge in [0, 0.05) is 32.0 Å². The summed E-state index contributed by atoms with van der Waals surface area (Å²) in [6.45, 7) is 0. The molecular formula is C15H14ClN3O3. The largest absolute Gasteiger partial charge is 0.345 e. The van der Waals surface area contributed by atoms with Crippen LogP contribution in [-0.4, -0.2) is 35.8 Å². The normalized spacial score (nSPS) is 10.1. The Labute approximate surface area is 131 Å². The molecule has 0 spiro atoms. The van der Waals surface area contributed by atoms with Crippen LogP contribution >= 0.6 is 11.6 Å². The van der Waals surface area contributed by atoms with Crippen molar-refractivity contribution in [1.29, 1.82) is 0 Å². The molecule has 6 nitrogen and oxygen atoms in total. The van der Waals surface area contributed by atoms with Gasteiger partial charge < -0.3 is 15.2 Å². The number of nitrogens with one attached hydrogen (secondary N) is 2. The van der Waals surface area contributed by atoms with E-state index in [2.05, 4.69) is 10.3 Å². The molecule has 1 aromatic carbocycles. The second-order valence-corrected chi connectivity index (χ2v) is 5.20. The van der Waals surface area contributed by atoms with E-state index in [4.69, 9.17) is 11.6 Å². The molecule has 0 radical (unpaired) electrons. The SMILES string of the molecule is CN(C)C(=O)c1ccc(NC(=O)c2ccc(=O)[nH]c2)cc1Cl. The summed E-state index contributed by atoms with van der Waals surface area (Å²) in [6, 6.07) is 7.32. The van der Waals surface area contributed by atoms with Crippen molar-refractivity contribution in [2.24, 2.45) is 0 Å². The molecule has 0 aliphatic heterocycles. The monoisotopic (exact) mass is 319 g/mol. The summed E-state index contributed by atoms with van der Waals surface area (Å²) >= 11 is 6.07. The number of nitrogens with zero attached hydrogens (tertiary/aromatic N) is 1. The van der Waals surface area contributed by atoms with Crippen LogP contribution in [0.1, 0.15) is 20.7 Å². The van der Waals surface area contributed by atoms with Crippen LogP contribution in [0.15, 0.2) is 41.3 Å². The predicted octanol–water partition coefficient (Wildman–Crippen LogP) is 1.98. The van der Waals surface area contributed by atoms with Crippen molar-refractivity contribution in [3.8, 4) is 0 Å². The minimum atomic E-state index is -0.390. The Balaban J connectivity index is 2.19. The summed E-state index contributed by atoms with van der Waals surface area (Å²) < 4.78 is 0. The molecule has 1 aromatic heterocycles. The van der Waals surface area contributed by atoms with Gasteiger partial charge in [0.25, 0.3) is 11.8 Å². The van der Waals surface area contributed by atoms with Gasteiger partial charge in [0.05, 0.1) is 16.1 Å². The van der Waals surface area contributed by atoms with Crippen LogP contribution in [0, 0.1) is 0 Å². The number of hydrogen-bond acceptors (Lipinski definition) is 3. The maximum absolute atomic E-state index is 12.0. The summed E-state index contributed by atoms with van der Waals surface area (Å²) in [5, 5.41) is 2.89. The molecule has 22 heavy (non-hydrogen) atoms. The first-order valence-corrected chi connectivity index (χ1v) is 6.77. The van der Waals surface area contributed by atoms with Crippen molar-refractivity contribution < 1.29 is 9.59 Å². The summed E-state index contributed by atoms with van der Waals surface area (Å²) in [6.07, 6.45) is 1.32. The first kappa shape index (κ1) is 15.8. The standard InChI is InChI=1S/C15H14ClN3O3/c1-19(2)15(22)11-5-4-10(7-12(11)16)18-14(21)9-3-6-13(20)17-8-9/h3-8H,1-2H3,(H,17,20)(H,18,21). The van der Waals surface area contributed by atoms with Crippen LogP contribution < -0.4 is 10.9 Å². The number of benzene rings is 1. The van der Waals surface area contributed by atoms with Gasteiger partial charge >= 0.3 is 0 Å². The third kappa shape index (κ3) is 3.53. The Morgan fingerprint density at radius 3 is 2.45 bits per heavy atom. The van der Waals surface area contributed by atoms with Crippen LogP contribution in [0.2, 0.25) is 5.02 Å². The highest BCUT2D eigenvalue weighted by molar-refractivity contribution is 6.34. The van der Waals surface area contributed by atoms with Gasteiger partial charge in [-0.25, -0.2) is 0 Å². The zero-order valence-corrected chi connectivity index (χ0v) is 12.8. The lowest BCUT2D eigenvalue weighted by atomic mass is 10.1. The van der Waals surface area contributed by atoms with E-state index in [9.17, 15) is 14.4 Å². The van der Waals surface area contributed by atoms with Gasteiger partial charge in [-0.3, -0.25) is 14.4 Å². The highest BCUT2D eigenvalue weighted by atomic mass is 35.5. The Morgan fingerprint density at radius 1 is 1.18 bits per heavy atom. The second kappa shape index (κ2) is 6.44. The Hall–Kier alpha value is -2.60. The molecular weight excluding hydrogens is 306 g/mol. The molecule has 0 aliphatic rings. The van der Waals surface area contributed by atoms with Gasteiger partial charge in [-0.15, -0.1) is 0 Å². The summed E-state index contributed by atoms with van der Waals surface area (Å²) in [7, 11) is 3.26. The van der Waals surface area contributed by atoms with Crippen molar-refractivity contribution in [2.75, 3.05) is 19.4 Å². The van der Waals surface area contributed by atoms with Crippen molar-refractivity contribution in [3.05, 3.63) is 63.0 Å². The average molecular weight is 320 g/mol. The first-order valence-electron chi connectivity index (χ1n) is 6.40. The molecule has 0 unspecified atom stereocenters. The topological polar surface area (TPSA) is 82.3 Å². The molecule has 2 aromatic rings. The average Bonchev–Trinajstić information content (AvgIpc) is 2.47. The Kier molecular flexibility index (Phi) is 4.62. The van der Waals surface area contributed by atoms with E-state index in [0.717, 1.165) is 0 Å². The number of aromatic nitrogens is 1. The zero-order valence-electron chi connectivity index (χ0n) is 12.0. The number of halogens is 1. The molecule has 0 saturated heterocycles. The van der Waals surface area contributed by atoms with Crippen LogP contribution in [0.5, 0.6) is 0 Å². The molecule has 0 aliphatic carbocycles. The third-order valence-electron chi connectivity index (χ3n) is 2.91. The number of aromatic amines is 1. The lowest BCUT2D eigenvalue weighted by molar-refractivity contribution is 0.0827. The number of pyridine rings is 1. The number of carbonyl (C=O) groups excluding carboxylic acids is 2. The quantitative estimate of drug-likeness (QED) is 0.907. The van der Waals surface area contributed by atoms with Crippen molar-refractivity contribution in [1.82, 2.24) is 9.88 Å². The van der Waals surface area contributed by atoms with E-state index >= 15 is 0 Å². The first-order chi connectivity index (χ1) is 10.4. The van der Waals surface area contributed by atoms with Gasteiger partial charge in [0.2, 0.25) is 5.56 Å². The van der Waals surface area contributed by atoms with Gasteiger partial charge in [-0.1, -0.05) is 11.6 Å². The third-order valence-corrected chi connectivity index (χ3v) is 3.22. The molecule has 2 amide bonds. The molecule has 0 atom stereocenters. The fourth-order valence-electron chi connectivity index (χ4n) is 1.76. The van der Waals surface area contributed by atoms with Crippen LogP contribution in [-0.2, 0) is 0 Å². The minimum absolute atomic E-state index is 0.219. The molecule has 114 valence electrons. The van der Waals surface area contributed by atoms with Crippen molar-refractivity contribution >= 4 is 29.1 Å². The fraction of sp³-hybridized carbons (Fsp3) is 0.133. The number of hydrogen-bond donors (Lipinski definition) is 2. The second-order valence-electron chi connectivity index (χ2n) is 4.79. The molecule has 0 fully saturated rings. The minimum Gasteiger partial charge on any atom is -0.345 e. The number of H-pyrrole nitrogens is 1. The van der Waals surface area contributed by atoms with Gasteiger partial charge in [-0.05, 0) is 24.3 Å². The number of anilines is 1. The van der Waals surface area contributed by atoms with Crippen molar-refractivity contribution in [2.45, 2.75) is 0 Å². The number of rotatable bonds is 3. The molecule has 7 heteroatoms. The molecule has 2 rings (SSSR count). The lowest BCUT2D eigenvalue weighted by Gasteiger charge is -2.12. The Bertz CT molecular complexity index is 763. The summed E-state index contributed by atoms with van der Waals surface area (Å²) in [5.74, 6) is -0.609. The fourth-order valence-corrected chi connectivity index (χ4v) is 2.02. The highest BCUT2D eigenvalue weighted by Crippen LogP contribution is 2.22. The zero-order chi connectivity index (χ0) is 16.3. The molecule has 0 saturated carbocycles. The molecule has 0 bridgehead atoms. The van der Waals surface area contributed by atoms with E-state index in [1.807, 2.05) is 0 Å². The van der Waals surface area contributed by atoms with Crippen LogP contribution in [0.4, 0.5) is 5.69 Å². The lowest BCUT2D eigenvalue weighted by Crippen LogP contribution is -2.22. The Morgan fingerprint density at radius 2 is 1.91 bits per heavy atom. The smallest absolute Gasteiger partial charge is 0.257 e. The summed E-state index contributed by atoms with van der Waals surface area (Å²) in [4.78, 5) is 38.7. The molecule has 1 heterocycles. The highest BCUT2D eigenvalue weighted by Gasteiger charge is 2.13. The van der Waals surface area contributed by atoms with Crippen LogP contribution in [0.3, 0.4) is 0 Å². The maximum atomic E-state index is 12.0. The van der Waals surface area contributed by atoms with E-state index in [1.54, 1.807) is 26.2 Å². The summed E-state index contributed by atoms with van der Waals surface area (Å²) in [5.41, 5.74) is 0.834. The van der Waals surface area contributed by atoms with Gasteiger partial charge in [0.15, 0.2) is 0 Å². The van der Waals surface area contributed by atoms with Crippen molar-refractivity contribution in [3.63, 3.8) is 0 Å². The van der Waals surface area contributed by atoms with Crippen LogP contribution in [0.25, 0.3) is 0 Å². The predicted molar refractivity (Wildman–Crippen MR) is 84.5 cm³/mol.